The van der Waals surface area contributed by atoms with Gasteiger partial charge in [-0.25, -0.2) is 8.42 Å². The molecule has 6 rings (SSSR count). The highest BCUT2D eigenvalue weighted by molar-refractivity contribution is 7.89. The maximum Gasteiger partial charge on any atom is 0.246 e. The third-order valence-corrected chi connectivity index (χ3v) is 8.21. The topological polar surface area (TPSA) is 46.6 Å². The van der Waals surface area contributed by atoms with Crippen LogP contribution in [0.25, 0.3) is 0 Å². The molecular formula is C23H19NO3S. The van der Waals surface area contributed by atoms with E-state index in [0.29, 0.717) is 4.90 Å². The van der Waals surface area contributed by atoms with Crippen LogP contribution in [-0.2, 0) is 10.0 Å². The van der Waals surface area contributed by atoms with Gasteiger partial charge in [0.25, 0.3) is 0 Å². The van der Waals surface area contributed by atoms with Gasteiger partial charge in [-0.2, -0.15) is 4.31 Å². The van der Waals surface area contributed by atoms with Gasteiger partial charge in [0.15, 0.2) is 6.23 Å². The standard InChI is InChI=1S/C23H19NO3S/c1-14-10-12-15(13-11-14)28(25,26)24-22-17-7-3-2-6-16(17)21-20(22)18-8-4-5-9-19(18)27-23(21)24/h2-13,20-23H,1H3/t20-,21-,22+,23+/m0/s1. The van der Waals surface area contributed by atoms with Crippen molar-refractivity contribution < 1.29 is 13.2 Å². The maximum atomic E-state index is 13.7. The number of hydrogen-bond acceptors (Lipinski definition) is 3. The van der Waals surface area contributed by atoms with Crippen LogP contribution in [0.5, 0.6) is 5.75 Å². The number of nitrogens with zero attached hydrogens (tertiary/aromatic N) is 1. The van der Waals surface area contributed by atoms with Crippen LogP contribution in [0.2, 0.25) is 0 Å². The van der Waals surface area contributed by atoms with Gasteiger partial charge in [-0.3, -0.25) is 0 Å². The van der Waals surface area contributed by atoms with Crippen LogP contribution < -0.4 is 4.74 Å². The van der Waals surface area contributed by atoms with Gasteiger partial charge < -0.3 is 4.74 Å². The number of fused-ring (bicyclic) bond motifs is 3. The Kier molecular flexibility index (Phi) is 3.19. The van der Waals surface area contributed by atoms with E-state index in [-0.39, 0.29) is 17.9 Å². The summed E-state index contributed by atoms with van der Waals surface area (Å²) >= 11 is 0. The summed E-state index contributed by atoms with van der Waals surface area (Å²) in [6, 6.07) is 23.0. The smallest absolute Gasteiger partial charge is 0.246 e. The molecule has 4 atom stereocenters. The maximum absolute atomic E-state index is 13.7. The van der Waals surface area contributed by atoms with Crippen molar-refractivity contribution in [1.82, 2.24) is 4.31 Å². The van der Waals surface area contributed by atoms with E-state index < -0.39 is 16.3 Å². The number of hydrogen-bond donors (Lipinski definition) is 0. The lowest BCUT2D eigenvalue weighted by molar-refractivity contribution is 0.0802. The molecule has 4 bridgehead atoms. The fourth-order valence-electron chi connectivity index (χ4n) is 5.21. The number of benzene rings is 3. The lowest BCUT2D eigenvalue weighted by Gasteiger charge is -2.36. The van der Waals surface area contributed by atoms with Crippen molar-refractivity contribution in [2.45, 2.75) is 35.9 Å². The molecule has 0 unspecified atom stereocenters. The summed E-state index contributed by atoms with van der Waals surface area (Å²) in [5.41, 5.74) is 4.46. The first-order chi connectivity index (χ1) is 13.6. The minimum atomic E-state index is -3.69. The van der Waals surface area contributed by atoms with Crippen LogP contribution in [0, 0.1) is 6.92 Å². The van der Waals surface area contributed by atoms with E-state index in [0.717, 1.165) is 22.4 Å². The summed E-state index contributed by atoms with van der Waals surface area (Å²) < 4.78 is 35.3. The van der Waals surface area contributed by atoms with Gasteiger partial charge in [0.05, 0.1) is 10.9 Å². The molecule has 0 amide bonds. The van der Waals surface area contributed by atoms with Crippen LogP contribution >= 0.6 is 0 Å². The molecule has 1 saturated heterocycles. The van der Waals surface area contributed by atoms with Gasteiger partial charge in [0, 0.05) is 17.4 Å². The molecule has 3 aromatic carbocycles. The lowest BCUT2D eigenvalue weighted by Crippen LogP contribution is -2.44. The van der Waals surface area contributed by atoms with Crippen LogP contribution in [0.15, 0.2) is 77.7 Å². The van der Waals surface area contributed by atoms with E-state index in [1.165, 1.54) is 5.56 Å². The molecule has 3 aliphatic rings. The Morgan fingerprint density at radius 2 is 1.43 bits per heavy atom. The summed E-state index contributed by atoms with van der Waals surface area (Å²) in [7, 11) is -3.69. The molecule has 0 spiro atoms. The summed E-state index contributed by atoms with van der Waals surface area (Å²) in [6.07, 6.45) is -0.508. The normalized spacial score (nSPS) is 27.2. The van der Waals surface area contributed by atoms with Gasteiger partial charge in [-0.15, -0.1) is 0 Å². The Labute approximate surface area is 164 Å². The molecule has 2 aliphatic heterocycles. The Hall–Kier alpha value is -2.63. The Morgan fingerprint density at radius 3 is 2.18 bits per heavy atom. The number of aryl methyl sites for hydroxylation is 1. The summed E-state index contributed by atoms with van der Waals surface area (Å²) in [5.74, 6) is 0.914. The average molecular weight is 389 g/mol. The number of para-hydroxylation sites is 1. The molecule has 0 aromatic heterocycles. The van der Waals surface area contributed by atoms with Crippen molar-refractivity contribution in [2.75, 3.05) is 0 Å². The largest absolute Gasteiger partial charge is 0.473 e. The number of sulfonamides is 1. The third-order valence-electron chi connectivity index (χ3n) is 6.36. The molecule has 28 heavy (non-hydrogen) atoms. The molecule has 1 fully saturated rings. The minimum Gasteiger partial charge on any atom is -0.473 e. The quantitative estimate of drug-likeness (QED) is 0.655. The first-order valence-electron chi connectivity index (χ1n) is 9.52. The predicted octanol–water partition coefficient (Wildman–Crippen LogP) is 4.34. The molecule has 3 aromatic rings. The molecule has 1 aliphatic carbocycles. The van der Waals surface area contributed by atoms with E-state index in [1.54, 1.807) is 16.4 Å². The van der Waals surface area contributed by atoms with Crippen LogP contribution in [0.3, 0.4) is 0 Å². The zero-order chi connectivity index (χ0) is 19.0. The van der Waals surface area contributed by atoms with E-state index in [4.69, 9.17) is 4.74 Å². The molecule has 140 valence electrons. The van der Waals surface area contributed by atoms with Gasteiger partial charge >= 0.3 is 0 Å². The molecule has 0 saturated carbocycles. The fourth-order valence-corrected chi connectivity index (χ4v) is 6.93. The summed E-state index contributed by atoms with van der Waals surface area (Å²) in [6.45, 7) is 1.96. The molecule has 0 radical (unpaired) electrons. The van der Waals surface area contributed by atoms with Crippen molar-refractivity contribution in [3.63, 3.8) is 0 Å². The summed E-state index contributed by atoms with van der Waals surface area (Å²) in [4.78, 5) is 0.321. The van der Waals surface area contributed by atoms with Gasteiger partial charge in [-0.05, 0) is 36.2 Å². The highest BCUT2D eigenvalue weighted by Gasteiger charge is 2.64. The van der Waals surface area contributed by atoms with Crippen molar-refractivity contribution in [3.05, 3.63) is 95.1 Å². The first kappa shape index (κ1) is 16.3. The zero-order valence-corrected chi connectivity index (χ0v) is 16.1. The Morgan fingerprint density at radius 1 is 0.786 bits per heavy atom. The second-order valence-electron chi connectivity index (χ2n) is 7.82. The second kappa shape index (κ2) is 5.46. The van der Waals surface area contributed by atoms with E-state index in [2.05, 4.69) is 18.2 Å². The van der Waals surface area contributed by atoms with E-state index >= 15 is 0 Å². The molecule has 2 heterocycles. The van der Waals surface area contributed by atoms with E-state index in [9.17, 15) is 8.42 Å². The second-order valence-corrected chi connectivity index (χ2v) is 9.66. The predicted molar refractivity (Wildman–Crippen MR) is 106 cm³/mol. The van der Waals surface area contributed by atoms with Gasteiger partial charge in [-0.1, -0.05) is 60.2 Å². The molecule has 0 N–H and O–H groups in total. The van der Waals surface area contributed by atoms with Crippen LogP contribution in [-0.4, -0.2) is 19.0 Å². The highest BCUT2D eigenvalue weighted by Crippen LogP contribution is 2.66. The molecule has 5 heteroatoms. The van der Waals surface area contributed by atoms with Gasteiger partial charge in [0.1, 0.15) is 5.75 Å². The highest BCUT2D eigenvalue weighted by atomic mass is 32.2. The van der Waals surface area contributed by atoms with Crippen molar-refractivity contribution in [1.29, 1.82) is 0 Å². The van der Waals surface area contributed by atoms with Crippen molar-refractivity contribution >= 4 is 10.0 Å². The van der Waals surface area contributed by atoms with Crippen LogP contribution in [0.1, 0.15) is 40.1 Å². The number of rotatable bonds is 2. The molecular weight excluding hydrogens is 370 g/mol. The SMILES string of the molecule is Cc1ccc(S(=O)(=O)N2[C@@H]3Oc4ccccc4[C@H]4[C@@H]3c3ccccc3[C@H]42)cc1. The lowest BCUT2D eigenvalue weighted by atomic mass is 9.85. The Balaban J connectivity index is 1.57. The average Bonchev–Trinajstić information content (AvgIpc) is 3.16. The van der Waals surface area contributed by atoms with Crippen LogP contribution in [0.4, 0.5) is 0 Å². The van der Waals surface area contributed by atoms with Gasteiger partial charge in [0.2, 0.25) is 10.0 Å². The van der Waals surface area contributed by atoms with E-state index in [1.807, 2.05) is 49.4 Å². The van der Waals surface area contributed by atoms with Crippen molar-refractivity contribution in [3.8, 4) is 5.75 Å². The fraction of sp³-hybridized carbons (Fsp3) is 0.217. The van der Waals surface area contributed by atoms with Crippen molar-refractivity contribution in [2.24, 2.45) is 0 Å². The third kappa shape index (κ3) is 1.95. The molecule has 4 nitrogen and oxygen atoms in total. The summed E-state index contributed by atoms with van der Waals surface area (Å²) in [5, 5.41) is 0. The zero-order valence-electron chi connectivity index (χ0n) is 15.3. The monoisotopic (exact) mass is 389 g/mol. The number of ether oxygens (including phenoxy) is 1. The minimum absolute atomic E-state index is 0.0244. The Bertz CT molecular complexity index is 1200. The first-order valence-corrected chi connectivity index (χ1v) is 11.0.